The predicted molar refractivity (Wildman–Crippen MR) is 60.9 cm³/mol. The molecule has 2 rings (SSSR count). The van der Waals surface area contributed by atoms with Crippen molar-refractivity contribution in [2.24, 2.45) is 5.92 Å². The van der Waals surface area contributed by atoms with E-state index in [1.807, 2.05) is 0 Å². The van der Waals surface area contributed by atoms with Gasteiger partial charge in [-0.25, -0.2) is 0 Å². The van der Waals surface area contributed by atoms with E-state index in [4.69, 9.17) is 4.74 Å². The minimum atomic E-state index is -0.196. The average molecular weight is 226 g/mol. The van der Waals surface area contributed by atoms with Crippen molar-refractivity contribution in [3.05, 3.63) is 0 Å². The van der Waals surface area contributed by atoms with E-state index in [-0.39, 0.29) is 24.1 Å². The molecule has 16 heavy (non-hydrogen) atoms. The van der Waals surface area contributed by atoms with E-state index in [1.165, 1.54) is 19.3 Å². The SMILES string of the molecule is O=C(OC1CCCCC1)C1CCC(O)CC1. The summed E-state index contributed by atoms with van der Waals surface area (Å²) in [7, 11) is 0. The van der Waals surface area contributed by atoms with Crippen molar-refractivity contribution in [1.29, 1.82) is 0 Å². The Morgan fingerprint density at radius 1 is 0.938 bits per heavy atom. The molecule has 92 valence electrons. The molecule has 0 aromatic heterocycles. The summed E-state index contributed by atoms with van der Waals surface area (Å²) in [5.74, 6) is 0.0316. The number of hydrogen-bond acceptors (Lipinski definition) is 3. The average Bonchev–Trinajstić information content (AvgIpc) is 2.31. The molecule has 0 aromatic carbocycles. The zero-order valence-corrected chi connectivity index (χ0v) is 9.86. The van der Waals surface area contributed by atoms with Crippen LogP contribution in [0.25, 0.3) is 0 Å². The Labute approximate surface area is 97.2 Å². The van der Waals surface area contributed by atoms with Gasteiger partial charge < -0.3 is 9.84 Å². The summed E-state index contributed by atoms with van der Waals surface area (Å²) < 4.78 is 5.55. The lowest BCUT2D eigenvalue weighted by atomic mass is 9.87. The molecule has 2 saturated carbocycles. The number of carbonyl (C=O) groups excluding carboxylic acids is 1. The van der Waals surface area contributed by atoms with Gasteiger partial charge in [0.15, 0.2) is 0 Å². The lowest BCUT2D eigenvalue weighted by molar-refractivity contribution is -0.157. The molecule has 0 bridgehead atoms. The van der Waals surface area contributed by atoms with Gasteiger partial charge in [-0.15, -0.1) is 0 Å². The van der Waals surface area contributed by atoms with Gasteiger partial charge in [0.2, 0.25) is 0 Å². The van der Waals surface area contributed by atoms with Crippen LogP contribution in [0.1, 0.15) is 57.8 Å². The minimum Gasteiger partial charge on any atom is -0.462 e. The van der Waals surface area contributed by atoms with Crippen LogP contribution in [0.4, 0.5) is 0 Å². The molecule has 0 heterocycles. The van der Waals surface area contributed by atoms with E-state index in [0.29, 0.717) is 0 Å². The summed E-state index contributed by atoms with van der Waals surface area (Å²) in [4.78, 5) is 11.9. The maximum atomic E-state index is 11.9. The molecule has 0 radical (unpaired) electrons. The van der Waals surface area contributed by atoms with Gasteiger partial charge in [-0.05, 0) is 51.4 Å². The molecule has 2 aliphatic rings. The van der Waals surface area contributed by atoms with Crippen LogP contribution in [0.5, 0.6) is 0 Å². The third-order valence-corrected chi connectivity index (χ3v) is 3.87. The molecule has 1 N–H and O–H groups in total. The third-order valence-electron chi connectivity index (χ3n) is 3.87. The quantitative estimate of drug-likeness (QED) is 0.735. The van der Waals surface area contributed by atoms with Gasteiger partial charge in [-0.1, -0.05) is 6.42 Å². The minimum absolute atomic E-state index is 0.0150. The number of esters is 1. The second-order valence-corrected chi connectivity index (χ2v) is 5.20. The molecule has 0 atom stereocenters. The summed E-state index contributed by atoms with van der Waals surface area (Å²) in [5, 5.41) is 9.38. The van der Waals surface area contributed by atoms with E-state index in [2.05, 4.69) is 0 Å². The van der Waals surface area contributed by atoms with E-state index < -0.39 is 0 Å². The Hall–Kier alpha value is -0.570. The van der Waals surface area contributed by atoms with Crippen LogP contribution < -0.4 is 0 Å². The second-order valence-electron chi connectivity index (χ2n) is 5.20. The zero-order chi connectivity index (χ0) is 11.4. The molecule has 0 saturated heterocycles. The third kappa shape index (κ3) is 3.21. The first-order valence-corrected chi connectivity index (χ1v) is 6.64. The number of hydrogen-bond donors (Lipinski definition) is 1. The summed E-state index contributed by atoms with van der Waals surface area (Å²) in [5.41, 5.74) is 0. The lowest BCUT2D eigenvalue weighted by Gasteiger charge is -2.27. The maximum absolute atomic E-state index is 11.9. The molecular formula is C13H22O3. The van der Waals surface area contributed by atoms with Crippen LogP contribution >= 0.6 is 0 Å². The van der Waals surface area contributed by atoms with Crippen molar-refractivity contribution in [2.75, 3.05) is 0 Å². The molecule has 3 heteroatoms. The first kappa shape index (κ1) is 11.9. The Bertz CT molecular complexity index is 225. The van der Waals surface area contributed by atoms with Crippen molar-refractivity contribution in [3.63, 3.8) is 0 Å². The van der Waals surface area contributed by atoms with Crippen molar-refractivity contribution >= 4 is 5.97 Å². The van der Waals surface area contributed by atoms with E-state index in [0.717, 1.165) is 38.5 Å². The predicted octanol–water partition coefficient (Wildman–Crippen LogP) is 2.41. The summed E-state index contributed by atoms with van der Waals surface area (Å²) in [6, 6.07) is 0. The van der Waals surface area contributed by atoms with Gasteiger partial charge in [-0.2, -0.15) is 0 Å². The molecule has 2 fully saturated rings. The highest BCUT2D eigenvalue weighted by Gasteiger charge is 2.28. The largest absolute Gasteiger partial charge is 0.462 e. The normalized spacial score (nSPS) is 32.3. The molecule has 0 unspecified atom stereocenters. The topological polar surface area (TPSA) is 46.5 Å². The van der Waals surface area contributed by atoms with Gasteiger partial charge in [0.1, 0.15) is 6.10 Å². The Kier molecular flexibility index (Phi) is 4.22. The van der Waals surface area contributed by atoms with Crippen LogP contribution in [0.2, 0.25) is 0 Å². The van der Waals surface area contributed by atoms with E-state index in [1.54, 1.807) is 0 Å². The monoisotopic (exact) mass is 226 g/mol. The number of carbonyl (C=O) groups is 1. The van der Waals surface area contributed by atoms with Gasteiger partial charge in [0, 0.05) is 0 Å². The van der Waals surface area contributed by atoms with Gasteiger partial charge in [0.05, 0.1) is 12.0 Å². The highest BCUT2D eigenvalue weighted by atomic mass is 16.5. The number of rotatable bonds is 2. The Balaban J connectivity index is 1.74. The molecule has 3 nitrogen and oxygen atoms in total. The Morgan fingerprint density at radius 2 is 1.56 bits per heavy atom. The number of ether oxygens (including phenoxy) is 1. The first-order chi connectivity index (χ1) is 7.75. The maximum Gasteiger partial charge on any atom is 0.309 e. The van der Waals surface area contributed by atoms with Crippen LogP contribution in [-0.4, -0.2) is 23.3 Å². The number of aliphatic hydroxyl groups excluding tert-OH is 1. The molecule has 0 aromatic rings. The van der Waals surface area contributed by atoms with Gasteiger partial charge in [-0.3, -0.25) is 4.79 Å². The second kappa shape index (κ2) is 5.67. The van der Waals surface area contributed by atoms with Crippen molar-refractivity contribution in [1.82, 2.24) is 0 Å². The number of aliphatic hydroxyl groups is 1. The molecule has 0 aliphatic heterocycles. The highest BCUT2D eigenvalue weighted by molar-refractivity contribution is 5.72. The van der Waals surface area contributed by atoms with Crippen LogP contribution in [0.3, 0.4) is 0 Å². The fourth-order valence-corrected chi connectivity index (χ4v) is 2.75. The van der Waals surface area contributed by atoms with Gasteiger partial charge >= 0.3 is 5.97 Å². The smallest absolute Gasteiger partial charge is 0.309 e. The van der Waals surface area contributed by atoms with Crippen molar-refractivity contribution in [3.8, 4) is 0 Å². The molecule has 0 amide bonds. The molecule has 2 aliphatic carbocycles. The van der Waals surface area contributed by atoms with Crippen LogP contribution in [-0.2, 0) is 9.53 Å². The summed E-state index contributed by atoms with van der Waals surface area (Å²) in [6.07, 6.45) is 8.84. The van der Waals surface area contributed by atoms with E-state index >= 15 is 0 Å². The van der Waals surface area contributed by atoms with Crippen LogP contribution in [0.15, 0.2) is 0 Å². The Morgan fingerprint density at radius 3 is 2.19 bits per heavy atom. The fourth-order valence-electron chi connectivity index (χ4n) is 2.75. The highest BCUT2D eigenvalue weighted by Crippen LogP contribution is 2.27. The van der Waals surface area contributed by atoms with E-state index in [9.17, 15) is 9.90 Å². The molecular weight excluding hydrogens is 204 g/mol. The summed E-state index contributed by atoms with van der Waals surface area (Å²) in [6.45, 7) is 0. The zero-order valence-electron chi connectivity index (χ0n) is 9.86. The van der Waals surface area contributed by atoms with Crippen molar-refractivity contribution < 1.29 is 14.6 Å². The fraction of sp³-hybridized carbons (Fsp3) is 0.923. The lowest BCUT2D eigenvalue weighted by Crippen LogP contribution is -2.29. The standard InChI is InChI=1S/C13H22O3/c14-11-8-6-10(7-9-11)13(15)16-12-4-2-1-3-5-12/h10-12,14H,1-9H2. The first-order valence-electron chi connectivity index (χ1n) is 6.64. The van der Waals surface area contributed by atoms with Crippen LogP contribution in [0, 0.1) is 5.92 Å². The molecule has 0 spiro atoms. The van der Waals surface area contributed by atoms with Crippen molar-refractivity contribution in [2.45, 2.75) is 70.0 Å². The summed E-state index contributed by atoms with van der Waals surface area (Å²) >= 11 is 0. The van der Waals surface area contributed by atoms with Gasteiger partial charge in [0.25, 0.3) is 0 Å².